The summed E-state index contributed by atoms with van der Waals surface area (Å²) in [6.07, 6.45) is 1.87. The number of aromatic nitrogens is 3. The summed E-state index contributed by atoms with van der Waals surface area (Å²) in [7, 11) is 0. The second-order valence-electron chi connectivity index (χ2n) is 5.33. The van der Waals surface area contributed by atoms with Crippen LogP contribution in [-0.2, 0) is 6.61 Å². The van der Waals surface area contributed by atoms with E-state index in [4.69, 9.17) is 9.47 Å². The number of hydrogen-bond acceptors (Lipinski definition) is 5. The van der Waals surface area contributed by atoms with Crippen LogP contribution in [0.25, 0.3) is 4.96 Å². The summed E-state index contributed by atoms with van der Waals surface area (Å²) in [5, 5.41) is 4.91. The van der Waals surface area contributed by atoms with Gasteiger partial charge in [-0.3, -0.25) is 0 Å². The van der Waals surface area contributed by atoms with Gasteiger partial charge in [-0.25, -0.2) is 9.50 Å². The van der Waals surface area contributed by atoms with Gasteiger partial charge < -0.3 is 9.47 Å². The molecule has 0 amide bonds. The van der Waals surface area contributed by atoms with Crippen molar-refractivity contribution in [1.82, 2.24) is 14.6 Å². The summed E-state index contributed by atoms with van der Waals surface area (Å²) in [4.78, 5) is 5.19. The fourth-order valence-corrected chi connectivity index (χ4v) is 3.08. The summed E-state index contributed by atoms with van der Waals surface area (Å²) in [6.45, 7) is 2.49. The first kappa shape index (κ1) is 14.7. The smallest absolute Gasteiger partial charge is 0.299 e. The zero-order chi connectivity index (χ0) is 16.4. The van der Waals surface area contributed by atoms with Crippen LogP contribution in [0.15, 0.2) is 60.8 Å². The van der Waals surface area contributed by atoms with Crippen molar-refractivity contribution in [2.75, 3.05) is 0 Å². The van der Waals surface area contributed by atoms with Crippen molar-refractivity contribution in [2.45, 2.75) is 13.5 Å². The van der Waals surface area contributed by atoms with Crippen molar-refractivity contribution in [1.29, 1.82) is 0 Å². The Hall–Kier alpha value is -2.86. The largest absolute Gasteiger partial charge is 0.489 e. The molecule has 2 heterocycles. The SMILES string of the molecule is Cc1cn2nc(Oc3ccc(OCc4ccccc4)cc3)sc2n1. The number of benzene rings is 2. The topological polar surface area (TPSA) is 48.7 Å². The van der Waals surface area contributed by atoms with E-state index in [2.05, 4.69) is 10.1 Å². The van der Waals surface area contributed by atoms with Crippen molar-refractivity contribution in [3.8, 4) is 16.7 Å². The molecule has 0 unspecified atom stereocenters. The molecule has 2 aromatic heterocycles. The van der Waals surface area contributed by atoms with Gasteiger partial charge in [-0.05, 0) is 48.1 Å². The molecule has 4 aromatic rings. The highest BCUT2D eigenvalue weighted by Gasteiger charge is 2.08. The van der Waals surface area contributed by atoms with Crippen LogP contribution >= 0.6 is 11.3 Å². The van der Waals surface area contributed by atoms with Gasteiger partial charge in [0.2, 0.25) is 4.96 Å². The molecule has 0 bridgehead atoms. The van der Waals surface area contributed by atoms with Gasteiger partial charge in [-0.15, -0.1) is 5.10 Å². The molecule has 0 aliphatic heterocycles. The third-order valence-electron chi connectivity index (χ3n) is 3.42. The molecule has 0 radical (unpaired) electrons. The number of imidazole rings is 1. The van der Waals surface area contributed by atoms with Crippen LogP contribution in [-0.4, -0.2) is 14.6 Å². The predicted octanol–water partition coefficient (Wildman–Crippen LogP) is 4.47. The van der Waals surface area contributed by atoms with Crippen molar-refractivity contribution < 1.29 is 9.47 Å². The lowest BCUT2D eigenvalue weighted by Gasteiger charge is -2.07. The van der Waals surface area contributed by atoms with E-state index < -0.39 is 0 Å². The van der Waals surface area contributed by atoms with Crippen LogP contribution in [0.2, 0.25) is 0 Å². The predicted molar refractivity (Wildman–Crippen MR) is 92.9 cm³/mol. The Bertz CT molecular complexity index is 914. The molecule has 0 saturated carbocycles. The number of hydrogen-bond donors (Lipinski definition) is 0. The van der Waals surface area contributed by atoms with E-state index >= 15 is 0 Å². The Labute approximate surface area is 143 Å². The second kappa shape index (κ2) is 6.33. The third kappa shape index (κ3) is 3.23. The number of ether oxygens (including phenoxy) is 2. The molecular formula is C18H15N3O2S. The van der Waals surface area contributed by atoms with Crippen LogP contribution in [0.4, 0.5) is 0 Å². The molecule has 24 heavy (non-hydrogen) atoms. The standard InChI is InChI=1S/C18H15N3O2S/c1-13-11-21-17(19-13)24-18(20-21)23-16-9-7-15(8-10-16)22-12-14-5-3-2-4-6-14/h2-11H,12H2,1H3. The van der Waals surface area contributed by atoms with Crippen LogP contribution in [0, 0.1) is 6.92 Å². The maximum Gasteiger partial charge on any atom is 0.299 e. The zero-order valence-corrected chi connectivity index (χ0v) is 13.9. The Balaban J connectivity index is 1.40. The Morgan fingerprint density at radius 1 is 1.00 bits per heavy atom. The van der Waals surface area contributed by atoms with E-state index in [0.29, 0.717) is 11.8 Å². The number of rotatable bonds is 5. The maximum atomic E-state index is 5.77. The summed E-state index contributed by atoms with van der Waals surface area (Å²) < 4.78 is 13.3. The average molecular weight is 337 g/mol. The van der Waals surface area contributed by atoms with Gasteiger partial charge in [0.1, 0.15) is 18.1 Å². The molecule has 0 N–H and O–H groups in total. The fraction of sp³-hybridized carbons (Fsp3) is 0.111. The fourth-order valence-electron chi connectivity index (χ4n) is 2.28. The summed E-state index contributed by atoms with van der Waals surface area (Å²) >= 11 is 1.41. The summed E-state index contributed by atoms with van der Waals surface area (Å²) in [5.74, 6) is 1.52. The minimum atomic E-state index is 0.546. The molecule has 120 valence electrons. The first-order chi connectivity index (χ1) is 11.8. The van der Waals surface area contributed by atoms with Crippen LogP contribution < -0.4 is 9.47 Å². The highest BCUT2D eigenvalue weighted by atomic mass is 32.1. The minimum Gasteiger partial charge on any atom is -0.489 e. The Kier molecular flexibility index (Phi) is 3.88. The van der Waals surface area contributed by atoms with Gasteiger partial charge >= 0.3 is 0 Å². The van der Waals surface area contributed by atoms with Gasteiger partial charge in [0.05, 0.1) is 11.9 Å². The van der Waals surface area contributed by atoms with Crippen molar-refractivity contribution in [3.05, 3.63) is 72.1 Å². The molecule has 5 nitrogen and oxygen atoms in total. The molecule has 0 atom stereocenters. The zero-order valence-electron chi connectivity index (χ0n) is 13.0. The van der Waals surface area contributed by atoms with Gasteiger partial charge in [0.15, 0.2) is 0 Å². The molecule has 2 aromatic carbocycles. The van der Waals surface area contributed by atoms with E-state index in [9.17, 15) is 0 Å². The molecular weight excluding hydrogens is 322 g/mol. The van der Waals surface area contributed by atoms with E-state index in [1.165, 1.54) is 11.3 Å². The minimum absolute atomic E-state index is 0.546. The number of nitrogens with zero attached hydrogens (tertiary/aromatic N) is 3. The van der Waals surface area contributed by atoms with Crippen LogP contribution in [0.5, 0.6) is 16.7 Å². The van der Waals surface area contributed by atoms with Crippen molar-refractivity contribution in [3.63, 3.8) is 0 Å². The number of fused-ring (bicyclic) bond motifs is 1. The molecule has 0 aliphatic carbocycles. The van der Waals surface area contributed by atoms with Crippen LogP contribution in [0.3, 0.4) is 0 Å². The van der Waals surface area contributed by atoms with Gasteiger partial charge in [-0.1, -0.05) is 30.3 Å². The highest BCUT2D eigenvalue weighted by molar-refractivity contribution is 7.18. The molecule has 0 spiro atoms. The van der Waals surface area contributed by atoms with E-state index in [1.807, 2.05) is 67.7 Å². The van der Waals surface area contributed by atoms with Crippen LogP contribution in [0.1, 0.15) is 11.3 Å². The van der Waals surface area contributed by atoms with E-state index in [1.54, 1.807) is 4.52 Å². The third-order valence-corrected chi connectivity index (χ3v) is 4.22. The number of aryl methyl sites for hydroxylation is 1. The van der Waals surface area contributed by atoms with E-state index in [-0.39, 0.29) is 0 Å². The average Bonchev–Trinajstić information content (AvgIpc) is 3.12. The molecule has 0 saturated heterocycles. The highest BCUT2D eigenvalue weighted by Crippen LogP contribution is 2.28. The summed E-state index contributed by atoms with van der Waals surface area (Å²) in [6, 6.07) is 17.6. The summed E-state index contributed by atoms with van der Waals surface area (Å²) in [5.41, 5.74) is 2.08. The van der Waals surface area contributed by atoms with Gasteiger partial charge in [0.25, 0.3) is 5.19 Å². The normalized spacial score (nSPS) is 10.9. The molecule has 4 rings (SSSR count). The first-order valence-corrected chi connectivity index (χ1v) is 8.35. The maximum absolute atomic E-state index is 5.77. The first-order valence-electron chi connectivity index (χ1n) is 7.54. The van der Waals surface area contributed by atoms with Gasteiger partial charge in [0, 0.05) is 0 Å². The molecule has 0 aliphatic rings. The molecule has 6 heteroatoms. The van der Waals surface area contributed by atoms with E-state index in [0.717, 1.165) is 27.7 Å². The lowest BCUT2D eigenvalue weighted by molar-refractivity contribution is 0.306. The van der Waals surface area contributed by atoms with Crippen molar-refractivity contribution in [2.24, 2.45) is 0 Å². The van der Waals surface area contributed by atoms with Gasteiger partial charge in [-0.2, -0.15) is 0 Å². The Morgan fingerprint density at radius 2 is 1.75 bits per heavy atom. The lowest BCUT2D eigenvalue weighted by Crippen LogP contribution is -1.94. The molecule has 0 fully saturated rings. The monoisotopic (exact) mass is 337 g/mol. The second-order valence-corrected chi connectivity index (χ2v) is 6.24. The lowest BCUT2D eigenvalue weighted by atomic mass is 10.2. The quantitative estimate of drug-likeness (QED) is 0.539. The van der Waals surface area contributed by atoms with Crippen molar-refractivity contribution >= 4 is 16.3 Å². The Morgan fingerprint density at radius 3 is 2.50 bits per heavy atom.